The SMILES string of the molecule is CCCOCc1ccccc1CNC(=NCc1ccc(OC)cc1OC)NCC. The van der Waals surface area contributed by atoms with Crippen LogP contribution >= 0.6 is 0 Å². The molecule has 158 valence electrons. The van der Waals surface area contributed by atoms with Gasteiger partial charge in [0.25, 0.3) is 0 Å². The molecule has 0 aliphatic heterocycles. The predicted octanol–water partition coefficient (Wildman–Crippen LogP) is 3.89. The minimum absolute atomic E-state index is 0.504. The first-order valence-corrected chi connectivity index (χ1v) is 10.1. The summed E-state index contributed by atoms with van der Waals surface area (Å²) in [5.74, 6) is 2.29. The van der Waals surface area contributed by atoms with Gasteiger partial charge in [-0.1, -0.05) is 31.2 Å². The van der Waals surface area contributed by atoms with E-state index in [2.05, 4.69) is 36.6 Å². The van der Waals surface area contributed by atoms with Crippen molar-refractivity contribution in [2.45, 2.75) is 40.0 Å². The van der Waals surface area contributed by atoms with E-state index in [4.69, 9.17) is 19.2 Å². The van der Waals surface area contributed by atoms with E-state index in [1.165, 1.54) is 11.1 Å². The van der Waals surface area contributed by atoms with Crippen molar-refractivity contribution < 1.29 is 14.2 Å². The van der Waals surface area contributed by atoms with E-state index in [1.54, 1.807) is 14.2 Å². The zero-order chi connectivity index (χ0) is 20.9. The van der Waals surface area contributed by atoms with E-state index in [-0.39, 0.29) is 0 Å². The first-order chi connectivity index (χ1) is 14.2. The van der Waals surface area contributed by atoms with Gasteiger partial charge in [-0.2, -0.15) is 0 Å². The number of hydrogen-bond donors (Lipinski definition) is 2. The van der Waals surface area contributed by atoms with Crippen LogP contribution in [0.3, 0.4) is 0 Å². The highest BCUT2D eigenvalue weighted by atomic mass is 16.5. The first kappa shape index (κ1) is 22.6. The molecule has 0 saturated heterocycles. The van der Waals surface area contributed by atoms with Gasteiger partial charge in [-0.25, -0.2) is 4.99 Å². The summed E-state index contributed by atoms with van der Waals surface area (Å²) in [4.78, 5) is 4.71. The Morgan fingerprint density at radius 3 is 2.41 bits per heavy atom. The highest BCUT2D eigenvalue weighted by Gasteiger charge is 2.07. The van der Waals surface area contributed by atoms with Crippen LogP contribution in [0.5, 0.6) is 11.5 Å². The number of hydrogen-bond acceptors (Lipinski definition) is 4. The molecule has 0 radical (unpaired) electrons. The minimum Gasteiger partial charge on any atom is -0.497 e. The van der Waals surface area contributed by atoms with Crippen LogP contribution in [0.1, 0.15) is 37.0 Å². The lowest BCUT2D eigenvalue weighted by Crippen LogP contribution is -2.37. The van der Waals surface area contributed by atoms with Gasteiger partial charge in [-0.3, -0.25) is 0 Å². The molecule has 0 bridgehead atoms. The fourth-order valence-corrected chi connectivity index (χ4v) is 2.86. The highest BCUT2D eigenvalue weighted by molar-refractivity contribution is 5.79. The van der Waals surface area contributed by atoms with Crippen molar-refractivity contribution in [2.24, 2.45) is 4.99 Å². The van der Waals surface area contributed by atoms with Crippen molar-refractivity contribution >= 4 is 5.96 Å². The van der Waals surface area contributed by atoms with Gasteiger partial charge < -0.3 is 24.8 Å². The molecule has 0 aliphatic rings. The topological polar surface area (TPSA) is 64.1 Å². The van der Waals surface area contributed by atoms with Crippen LogP contribution in [-0.2, 0) is 24.4 Å². The predicted molar refractivity (Wildman–Crippen MR) is 118 cm³/mol. The zero-order valence-electron chi connectivity index (χ0n) is 18.0. The Morgan fingerprint density at radius 2 is 1.72 bits per heavy atom. The average Bonchev–Trinajstić information content (AvgIpc) is 2.76. The summed E-state index contributed by atoms with van der Waals surface area (Å²) in [6.45, 7) is 7.54. The molecule has 0 atom stereocenters. The van der Waals surface area contributed by atoms with E-state index in [0.717, 1.165) is 42.6 Å². The van der Waals surface area contributed by atoms with Gasteiger partial charge in [0.1, 0.15) is 11.5 Å². The molecule has 29 heavy (non-hydrogen) atoms. The summed E-state index contributed by atoms with van der Waals surface area (Å²) in [7, 11) is 3.30. The molecular formula is C23H33N3O3. The summed E-state index contributed by atoms with van der Waals surface area (Å²) in [6.07, 6.45) is 1.02. The standard InChI is InChI=1S/C23H33N3O3/c1-5-13-29-17-20-10-8-7-9-18(20)15-25-23(24-6-2)26-16-19-11-12-21(27-3)14-22(19)28-4/h7-12,14H,5-6,13,15-17H2,1-4H3,(H2,24,25,26). The third-order valence-corrected chi connectivity index (χ3v) is 4.42. The average molecular weight is 400 g/mol. The maximum atomic E-state index is 5.72. The van der Waals surface area contributed by atoms with Gasteiger partial charge in [0.05, 0.1) is 27.4 Å². The Hall–Kier alpha value is -2.73. The van der Waals surface area contributed by atoms with Crippen LogP contribution in [0.15, 0.2) is 47.5 Å². The molecule has 2 aromatic rings. The number of methoxy groups -OCH3 is 2. The molecule has 0 aliphatic carbocycles. The molecule has 0 fully saturated rings. The molecule has 0 aromatic heterocycles. The molecule has 0 amide bonds. The quantitative estimate of drug-likeness (QED) is 0.341. The fourth-order valence-electron chi connectivity index (χ4n) is 2.86. The number of benzene rings is 2. The van der Waals surface area contributed by atoms with Crippen molar-refractivity contribution in [2.75, 3.05) is 27.4 Å². The molecule has 0 heterocycles. The van der Waals surface area contributed by atoms with E-state index in [1.807, 2.05) is 30.3 Å². The molecule has 6 nitrogen and oxygen atoms in total. The van der Waals surface area contributed by atoms with E-state index in [9.17, 15) is 0 Å². The third-order valence-electron chi connectivity index (χ3n) is 4.42. The molecule has 6 heteroatoms. The Bertz CT molecular complexity index is 778. The molecule has 0 spiro atoms. The van der Waals surface area contributed by atoms with Crippen LogP contribution in [0.2, 0.25) is 0 Å². The Morgan fingerprint density at radius 1 is 0.931 bits per heavy atom. The monoisotopic (exact) mass is 399 g/mol. The minimum atomic E-state index is 0.504. The number of nitrogens with one attached hydrogen (secondary N) is 2. The summed E-state index contributed by atoms with van der Waals surface area (Å²) in [5, 5.41) is 6.71. The Labute approximate surface area is 174 Å². The number of guanidine groups is 1. The number of aliphatic imine (C=N–C) groups is 1. The van der Waals surface area contributed by atoms with Gasteiger partial charge >= 0.3 is 0 Å². The summed E-state index contributed by atoms with van der Waals surface area (Å²) >= 11 is 0. The lowest BCUT2D eigenvalue weighted by molar-refractivity contribution is 0.121. The second kappa shape index (κ2) is 12.7. The number of ether oxygens (including phenoxy) is 3. The third kappa shape index (κ3) is 7.31. The van der Waals surface area contributed by atoms with Crippen molar-refractivity contribution in [3.05, 3.63) is 59.2 Å². The highest BCUT2D eigenvalue weighted by Crippen LogP contribution is 2.25. The van der Waals surface area contributed by atoms with Gasteiger partial charge in [-0.15, -0.1) is 0 Å². The summed E-state index contributed by atoms with van der Waals surface area (Å²) in [6, 6.07) is 14.1. The number of rotatable bonds is 11. The van der Waals surface area contributed by atoms with Crippen LogP contribution in [-0.4, -0.2) is 33.3 Å². The smallest absolute Gasteiger partial charge is 0.191 e. The lowest BCUT2D eigenvalue weighted by atomic mass is 10.1. The zero-order valence-corrected chi connectivity index (χ0v) is 18.0. The van der Waals surface area contributed by atoms with Crippen molar-refractivity contribution in [3.63, 3.8) is 0 Å². The molecule has 0 saturated carbocycles. The van der Waals surface area contributed by atoms with Gasteiger partial charge in [0.15, 0.2) is 5.96 Å². The largest absolute Gasteiger partial charge is 0.497 e. The van der Waals surface area contributed by atoms with Gasteiger partial charge in [0.2, 0.25) is 0 Å². The van der Waals surface area contributed by atoms with Crippen LogP contribution in [0, 0.1) is 0 Å². The molecule has 2 rings (SSSR count). The second-order valence-corrected chi connectivity index (χ2v) is 6.55. The fraction of sp³-hybridized carbons (Fsp3) is 0.435. The van der Waals surface area contributed by atoms with Crippen LogP contribution < -0.4 is 20.1 Å². The van der Waals surface area contributed by atoms with Crippen molar-refractivity contribution in [1.82, 2.24) is 10.6 Å². The summed E-state index contributed by atoms with van der Waals surface area (Å²) in [5.41, 5.74) is 3.40. The van der Waals surface area contributed by atoms with E-state index in [0.29, 0.717) is 19.7 Å². The van der Waals surface area contributed by atoms with Gasteiger partial charge in [0, 0.05) is 31.3 Å². The van der Waals surface area contributed by atoms with E-state index < -0.39 is 0 Å². The first-order valence-electron chi connectivity index (χ1n) is 10.1. The normalized spacial score (nSPS) is 11.2. The molecule has 2 N–H and O–H groups in total. The maximum Gasteiger partial charge on any atom is 0.191 e. The van der Waals surface area contributed by atoms with Crippen LogP contribution in [0.4, 0.5) is 0 Å². The molecule has 2 aromatic carbocycles. The summed E-state index contributed by atoms with van der Waals surface area (Å²) < 4.78 is 16.4. The molecular weight excluding hydrogens is 366 g/mol. The van der Waals surface area contributed by atoms with Crippen molar-refractivity contribution in [3.8, 4) is 11.5 Å². The Balaban J connectivity index is 2.05. The van der Waals surface area contributed by atoms with Gasteiger partial charge in [-0.05, 0) is 36.6 Å². The second-order valence-electron chi connectivity index (χ2n) is 6.55. The van der Waals surface area contributed by atoms with Crippen LogP contribution in [0.25, 0.3) is 0 Å². The lowest BCUT2D eigenvalue weighted by Gasteiger charge is -2.15. The molecule has 0 unspecified atom stereocenters. The van der Waals surface area contributed by atoms with E-state index >= 15 is 0 Å². The van der Waals surface area contributed by atoms with Crippen molar-refractivity contribution in [1.29, 1.82) is 0 Å². The Kier molecular flexibility index (Phi) is 9.86. The number of nitrogens with zero attached hydrogens (tertiary/aromatic N) is 1. The maximum absolute atomic E-state index is 5.72.